The second-order valence-electron chi connectivity index (χ2n) is 4.25. The quantitative estimate of drug-likeness (QED) is 0.741. The van der Waals surface area contributed by atoms with Crippen molar-refractivity contribution in [1.29, 1.82) is 0 Å². The molecule has 6 nitrogen and oxygen atoms in total. The number of benzene rings is 1. The minimum atomic E-state index is -3.67. The molecule has 0 unspecified atom stereocenters. The number of aryl methyl sites for hydroxylation is 2. The van der Waals surface area contributed by atoms with E-state index < -0.39 is 10.0 Å². The van der Waals surface area contributed by atoms with Gasteiger partial charge in [-0.15, -0.1) is 0 Å². The van der Waals surface area contributed by atoms with E-state index in [9.17, 15) is 8.42 Å². The third kappa shape index (κ3) is 2.70. The summed E-state index contributed by atoms with van der Waals surface area (Å²) in [7, 11) is -3.67. The van der Waals surface area contributed by atoms with Crippen molar-refractivity contribution in [3.05, 3.63) is 35.5 Å². The molecule has 1 aromatic carbocycles. The number of aromatic amines is 1. The van der Waals surface area contributed by atoms with Gasteiger partial charge in [0.2, 0.25) is 0 Å². The molecule has 0 bridgehead atoms. The van der Waals surface area contributed by atoms with E-state index in [2.05, 4.69) is 14.9 Å². The van der Waals surface area contributed by atoms with Gasteiger partial charge in [-0.3, -0.25) is 9.82 Å². The minimum Gasteiger partial charge on any atom is -0.399 e. The lowest BCUT2D eigenvalue weighted by molar-refractivity contribution is 0.600. The number of anilines is 2. The number of hydrogen-bond donors (Lipinski definition) is 3. The van der Waals surface area contributed by atoms with Gasteiger partial charge >= 0.3 is 0 Å². The van der Waals surface area contributed by atoms with Crippen LogP contribution in [0.15, 0.2) is 29.3 Å². The maximum Gasteiger partial charge on any atom is 0.263 e. The molecule has 7 heteroatoms. The van der Waals surface area contributed by atoms with Crippen LogP contribution in [0.5, 0.6) is 0 Å². The molecule has 4 N–H and O–H groups in total. The fourth-order valence-corrected chi connectivity index (χ4v) is 3.19. The highest BCUT2D eigenvalue weighted by Crippen LogP contribution is 2.23. The maximum atomic E-state index is 12.4. The Kier molecular flexibility index (Phi) is 3.48. The van der Waals surface area contributed by atoms with Gasteiger partial charge in [-0.05, 0) is 31.0 Å². The Balaban J connectivity index is 2.45. The summed E-state index contributed by atoms with van der Waals surface area (Å²) in [6.45, 7) is 3.66. The van der Waals surface area contributed by atoms with Crippen molar-refractivity contribution in [2.45, 2.75) is 25.2 Å². The van der Waals surface area contributed by atoms with Crippen LogP contribution in [-0.2, 0) is 16.4 Å². The third-order valence-corrected chi connectivity index (χ3v) is 4.26. The van der Waals surface area contributed by atoms with Gasteiger partial charge in [0, 0.05) is 11.3 Å². The van der Waals surface area contributed by atoms with Gasteiger partial charge in [0.15, 0.2) is 0 Å². The first-order valence-corrected chi connectivity index (χ1v) is 7.33. The Morgan fingerprint density at radius 1 is 1.42 bits per heavy atom. The zero-order valence-corrected chi connectivity index (χ0v) is 11.6. The highest BCUT2D eigenvalue weighted by Gasteiger charge is 2.19. The van der Waals surface area contributed by atoms with Crippen LogP contribution >= 0.6 is 0 Å². The first-order valence-electron chi connectivity index (χ1n) is 5.85. The molecule has 19 heavy (non-hydrogen) atoms. The summed E-state index contributed by atoms with van der Waals surface area (Å²) in [4.78, 5) is 0.198. The van der Waals surface area contributed by atoms with E-state index in [-0.39, 0.29) is 4.90 Å². The number of nitrogen functional groups attached to an aromatic ring is 1. The van der Waals surface area contributed by atoms with Crippen LogP contribution in [0.2, 0.25) is 0 Å². The fourth-order valence-electron chi connectivity index (χ4n) is 1.75. The zero-order valence-electron chi connectivity index (χ0n) is 10.8. The molecule has 0 aliphatic carbocycles. The number of hydrogen-bond acceptors (Lipinski definition) is 4. The summed E-state index contributed by atoms with van der Waals surface area (Å²) < 4.78 is 27.2. The Bertz CT molecular complexity index is 692. The highest BCUT2D eigenvalue weighted by atomic mass is 32.2. The van der Waals surface area contributed by atoms with Crippen LogP contribution in [-0.4, -0.2) is 18.6 Å². The van der Waals surface area contributed by atoms with E-state index in [1.54, 1.807) is 25.3 Å². The molecule has 0 atom stereocenters. The topological polar surface area (TPSA) is 101 Å². The van der Waals surface area contributed by atoms with Crippen molar-refractivity contribution < 1.29 is 8.42 Å². The number of nitrogens with zero attached hydrogens (tertiary/aromatic N) is 1. The molecule has 0 spiro atoms. The summed E-state index contributed by atoms with van der Waals surface area (Å²) in [6.07, 6.45) is 2.16. The number of nitrogens with two attached hydrogens (primary N) is 1. The van der Waals surface area contributed by atoms with Gasteiger partial charge in [0.1, 0.15) is 5.82 Å². The Hall–Kier alpha value is -2.02. The van der Waals surface area contributed by atoms with E-state index in [0.29, 0.717) is 17.9 Å². The molecule has 0 fully saturated rings. The lowest BCUT2D eigenvalue weighted by atomic mass is 10.1. The molecule has 1 heterocycles. The summed E-state index contributed by atoms with van der Waals surface area (Å²) in [6, 6.07) is 4.88. The SMILES string of the molecule is CCc1ccc(N)cc1S(=O)(=O)Nc1[nH]ncc1C. The largest absolute Gasteiger partial charge is 0.399 e. The van der Waals surface area contributed by atoms with E-state index >= 15 is 0 Å². The first-order chi connectivity index (χ1) is 8.94. The molecule has 102 valence electrons. The number of H-pyrrole nitrogens is 1. The van der Waals surface area contributed by atoms with Crippen LogP contribution in [0.4, 0.5) is 11.5 Å². The highest BCUT2D eigenvalue weighted by molar-refractivity contribution is 7.92. The van der Waals surface area contributed by atoms with E-state index in [0.717, 1.165) is 11.1 Å². The molecule has 0 saturated carbocycles. The fraction of sp³-hybridized carbons (Fsp3) is 0.250. The normalized spacial score (nSPS) is 11.5. The van der Waals surface area contributed by atoms with Gasteiger partial charge in [0.05, 0.1) is 11.1 Å². The zero-order chi connectivity index (χ0) is 14.0. The molecular weight excluding hydrogens is 264 g/mol. The number of aromatic nitrogens is 2. The average molecular weight is 280 g/mol. The smallest absolute Gasteiger partial charge is 0.263 e. The van der Waals surface area contributed by atoms with Crippen molar-refractivity contribution in [2.75, 3.05) is 10.5 Å². The Labute approximate surface area is 112 Å². The van der Waals surface area contributed by atoms with Gasteiger partial charge in [-0.2, -0.15) is 5.10 Å². The molecule has 2 rings (SSSR count). The van der Waals surface area contributed by atoms with E-state index in [4.69, 9.17) is 5.73 Å². The molecule has 1 aromatic heterocycles. The molecule has 0 aliphatic rings. The summed E-state index contributed by atoms with van der Waals surface area (Å²) in [5.74, 6) is 0.365. The van der Waals surface area contributed by atoms with Gasteiger partial charge in [0.25, 0.3) is 10.0 Å². The number of sulfonamides is 1. The van der Waals surface area contributed by atoms with E-state index in [1.165, 1.54) is 6.07 Å². The second kappa shape index (κ2) is 4.93. The number of nitrogens with one attached hydrogen (secondary N) is 2. The lowest BCUT2D eigenvalue weighted by Gasteiger charge is -2.11. The average Bonchev–Trinajstić information content (AvgIpc) is 2.74. The summed E-state index contributed by atoms with van der Waals surface area (Å²) in [5, 5.41) is 6.39. The van der Waals surface area contributed by atoms with Crippen LogP contribution in [0, 0.1) is 6.92 Å². The van der Waals surface area contributed by atoms with Crippen molar-refractivity contribution in [1.82, 2.24) is 10.2 Å². The van der Waals surface area contributed by atoms with Crippen LogP contribution in [0.1, 0.15) is 18.1 Å². The summed E-state index contributed by atoms with van der Waals surface area (Å²) >= 11 is 0. The van der Waals surface area contributed by atoms with E-state index in [1.807, 2.05) is 6.92 Å². The lowest BCUT2D eigenvalue weighted by Crippen LogP contribution is -2.16. The van der Waals surface area contributed by atoms with Crippen molar-refractivity contribution in [3.8, 4) is 0 Å². The summed E-state index contributed by atoms with van der Waals surface area (Å²) in [5.41, 5.74) is 7.53. The minimum absolute atomic E-state index is 0.198. The van der Waals surface area contributed by atoms with Gasteiger partial charge < -0.3 is 5.73 Å². The molecule has 0 saturated heterocycles. The first kappa shape index (κ1) is 13.4. The van der Waals surface area contributed by atoms with Gasteiger partial charge in [-0.25, -0.2) is 8.42 Å². The van der Waals surface area contributed by atoms with Crippen LogP contribution < -0.4 is 10.5 Å². The molecule has 0 aliphatic heterocycles. The molecular formula is C12H16N4O2S. The third-order valence-electron chi connectivity index (χ3n) is 2.83. The second-order valence-corrected chi connectivity index (χ2v) is 5.91. The standard InChI is InChI=1S/C12H16N4O2S/c1-3-9-4-5-10(13)6-11(9)19(17,18)16-12-8(2)7-14-15-12/h4-7H,3,13H2,1-2H3,(H2,14,15,16). The van der Waals surface area contributed by atoms with Gasteiger partial charge in [-0.1, -0.05) is 13.0 Å². The predicted octanol–water partition coefficient (Wildman–Crippen LogP) is 1.66. The Morgan fingerprint density at radius 3 is 2.74 bits per heavy atom. The van der Waals surface area contributed by atoms with Crippen molar-refractivity contribution in [2.24, 2.45) is 0 Å². The van der Waals surface area contributed by atoms with Crippen molar-refractivity contribution in [3.63, 3.8) is 0 Å². The Morgan fingerprint density at radius 2 is 2.16 bits per heavy atom. The predicted molar refractivity (Wildman–Crippen MR) is 74.4 cm³/mol. The molecule has 0 amide bonds. The van der Waals surface area contributed by atoms with Crippen LogP contribution in [0.3, 0.4) is 0 Å². The maximum absolute atomic E-state index is 12.4. The number of rotatable bonds is 4. The van der Waals surface area contributed by atoms with Crippen LogP contribution in [0.25, 0.3) is 0 Å². The monoisotopic (exact) mass is 280 g/mol. The molecule has 2 aromatic rings. The molecule has 0 radical (unpaired) electrons. The van der Waals surface area contributed by atoms with Crippen molar-refractivity contribution >= 4 is 21.5 Å².